The van der Waals surface area contributed by atoms with Crippen molar-refractivity contribution in [1.29, 1.82) is 0 Å². The third-order valence-corrected chi connectivity index (χ3v) is 3.59. The normalized spacial score (nSPS) is 27.0. The van der Waals surface area contributed by atoms with Gasteiger partial charge in [-0.05, 0) is 38.3 Å². The summed E-state index contributed by atoms with van der Waals surface area (Å²) in [4.78, 5) is 0. The molecule has 0 amide bonds. The fourth-order valence-electron chi connectivity index (χ4n) is 2.68. The second-order valence-electron chi connectivity index (χ2n) is 5.09. The van der Waals surface area contributed by atoms with Crippen molar-refractivity contribution in [2.45, 2.75) is 58.3 Å². The molecule has 0 aromatic heterocycles. The van der Waals surface area contributed by atoms with Gasteiger partial charge in [-0.2, -0.15) is 0 Å². The van der Waals surface area contributed by atoms with Crippen molar-refractivity contribution in [2.75, 3.05) is 13.6 Å². The smallest absolute Gasteiger partial charge is 0.00519 e. The number of hydrogen-bond donors (Lipinski definition) is 1. The highest BCUT2D eigenvalue weighted by molar-refractivity contribution is 4.72. The molecule has 0 bridgehead atoms. The summed E-state index contributed by atoms with van der Waals surface area (Å²) < 4.78 is 0. The largest absolute Gasteiger partial charge is 0.320 e. The third kappa shape index (κ3) is 4.99. The number of unbranched alkanes of at least 4 members (excludes halogenated alkanes) is 3. The molecule has 1 aliphatic rings. The maximum absolute atomic E-state index is 3.21. The van der Waals surface area contributed by atoms with Crippen LogP contribution in [0.25, 0.3) is 0 Å². The summed E-state index contributed by atoms with van der Waals surface area (Å²) in [6, 6.07) is 0. The van der Waals surface area contributed by atoms with Crippen molar-refractivity contribution in [3.05, 3.63) is 0 Å². The summed E-state index contributed by atoms with van der Waals surface area (Å²) >= 11 is 0. The van der Waals surface area contributed by atoms with Gasteiger partial charge in [0.05, 0.1) is 0 Å². The van der Waals surface area contributed by atoms with Crippen molar-refractivity contribution in [3.63, 3.8) is 0 Å². The van der Waals surface area contributed by atoms with E-state index in [1.54, 1.807) is 0 Å². The van der Waals surface area contributed by atoms with E-state index in [9.17, 15) is 0 Å². The van der Waals surface area contributed by atoms with Crippen LogP contribution in [0.3, 0.4) is 0 Å². The van der Waals surface area contributed by atoms with E-state index in [-0.39, 0.29) is 0 Å². The summed E-state index contributed by atoms with van der Waals surface area (Å²) in [6.45, 7) is 3.60. The van der Waals surface area contributed by atoms with Gasteiger partial charge < -0.3 is 5.32 Å². The van der Waals surface area contributed by atoms with Crippen LogP contribution in [0.4, 0.5) is 0 Å². The minimum Gasteiger partial charge on any atom is -0.320 e. The quantitative estimate of drug-likeness (QED) is 0.615. The molecular weight excluding hydrogens is 170 g/mol. The van der Waals surface area contributed by atoms with Crippen molar-refractivity contribution < 1.29 is 0 Å². The molecule has 1 rings (SSSR count). The van der Waals surface area contributed by atoms with Crippen LogP contribution in [0.2, 0.25) is 0 Å². The van der Waals surface area contributed by atoms with Crippen molar-refractivity contribution in [3.8, 4) is 0 Å². The first-order chi connectivity index (χ1) is 6.83. The highest BCUT2D eigenvalue weighted by Crippen LogP contribution is 2.33. The molecule has 1 aliphatic carbocycles. The zero-order chi connectivity index (χ0) is 10.2. The standard InChI is InChI=1S/C13H27N/c1-12-8-9-13(11-12)7-5-3-4-6-10-14-2/h12-14H,3-11H2,1-2H3/t12?,13-/m0/s1. The fourth-order valence-corrected chi connectivity index (χ4v) is 2.68. The van der Waals surface area contributed by atoms with E-state index in [1.807, 2.05) is 7.05 Å². The monoisotopic (exact) mass is 197 g/mol. The molecule has 84 valence electrons. The topological polar surface area (TPSA) is 12.0 Å². The summed E-state index contributed by atoms with van der Waals surface area (Å²) in [5.41, 5.74) is 0. The van der Waals surface area contributed by atoms with E-state index >= 15 is 0 Å². The van der Waals surface area contributed by atoms with E-state index < -0.39 is 0 Å². The van der Waals surface area contributed by atoms with Gasteiger partial charge in [0.25, 0.3) is 0 Å². The van der Waals surface area contributed by atoms with Crippen LogP contribution in [0.5, 0.6) is 0 Å². The Labute approximate surface area is 89.7 Å². The molecule has 2 atom stereocenters. The molecule has 0 spiro atoms. The number of hydrogen-bond acceptors (Lipinski definition) is 1. The van der Waals surface area contributed by atoms with Crippen LogP contribution in [0, 0.1) is 11.8 Å². The van der Waals surface area contributed by atoms with Crippen molar-refractivity contribution in [2.24, 2.45) is 11.8 Å². The van der Waals surface area contributed by atoms with Gasteiger partial charge in [-0.3, -0.25) is 0 Å². The average Bonchev–Trinajstić information content (AvgIpc) is 2.58. The summed E-state index contributed by atoms with van der Waals surface area (Å²) in [6.07, 6.45) is 11.7. The highest BCUT2D eigenvalue weighted by atomic mass is 14.8. The molecule has 1 fully saturated rings. The Kier molecular flexibility index (Phi) is 6.25. The lowest BCUT2D eigenvalue weighted by Gasteiger charge is -2.08. The maximum Gasteiger partial charge on any atom is -0.00519 e. The van der Waals surface area contributed by atoms with Crippen LogP contribution >= 0.6 is 0 Å². The summed E-state index contributed by atoms with van der Waals surface area (Å²) in [5.74, 6) is 2.10. The van der Waals surface area contributed by atoms with Gasteiger partial charge in [0, 0.05) is 0 Å². The van der Waals surface area contributed by atoms with Crippen LogP contribution in [-0.4, -0.2) is 13.6 Å². The Morgan fingerprint density at radius 1 is 1.07 bits per heavy atom. The molecule has 14 heavy (non-hydrogen) atoms. The minimum atomic E-state index is 1.02. The lowest BCUT2D eigenvalue weighted by Crippen LogP contribution is -2.07. The average molecular weight is 197 g/mol. The van der Waals surface area contributed by atoms with Gasteiger partial charge in [0.15, 0.2) is 0 Å². The van der Waals surface area contributed by atoms with Gasteiger partial charge >= 0.3 is 0 Å². The van der Waals surface area contributed by atoms with Gasteiger partial charge in [-0.15, -0.1) is 0 Å². The second-order valence-corrected chi connectivity index (χ2v) is 5.09. The zero-order valence-corrected chi connectivity index (χ0v) is 10.0. The van der Waals surface area contributed by atoms with Gasteiger partial charge in [0.2, 0.25) is 0 Å². The molecule has 0 saturated heterocycles. The number of rotatable bonds is 7. The van der Waals surface area contributed by atoms with E-state index in [0.29, 0.717) is 0 Å². The van der Waals surface area contributed by atoms with Gasteiger partial charge in [-0.25, -0.2) is 0 Å². The molecular formula is C13H27N. The molecule has 0 radical (unpaired) electrons. The van der Waals surface area contributed by atoms with Crippen LogP contribution in [-0.2, 0) is 0 Å². The van der Waals surface area contributed by atoms with Crippen LogP contribution in [0.15, 0.2) is 0 Å². The van der Waals surface area contributed by atoms with Crippen molar-refractivity contribution in [1.82, 2.24) is 5.32 Å². The molecule has 0 aromatic rings. The molecule has 0 aliphatic heterocycles. The van der Waals surface area contributed by atoms with Crippen LogP contribution in [0.1, 0.15) is 58.3 Å². The molecule has 0 aromatic carbocycles. The fraction of sp³-hybridized carbons (Fsp3) is 1.00. The molecule has 1 heteroatoms. The molecule has 0 heterocycles. The second kappa shape index (κ2) is 7.28. The predicted molar refractivity (Wildman–Crippen MR) is 63.5 cm³/mol. The Balaban J connectivity index is 1.84. The molecule has 1 N–H and O–H groups in total. The third-order valence-electron chi connectivity index (χ3n) is 3.59. The first kappa shape index (κ1) is 12.0. The van der Waals surface area contributed by atoms with Gasteiger partial charge in [0.1, 0.15) is 0 Å². The Morgan fingerprint density at radius 3 is 2.50 bits per heavy atom. The van der Waals surface area contributed by atoms with Gasteiger partial charge in [-0.1, -0.05) is 45.4 Å². The van der Waals surface area contributed by atoms with Crippen molar-refractivity contribution >= 4 is 0 Å². The molecule has 1 nitrogen and oxygen atoms in total. The first-order valence-electron chi connectivity index (χ1n) is 6.47. The Hall–Kier alpha value is -0.0400. The van der Waals surface area contributed by atoms with E-state index in [1.165, 1.54) is 57.9 Å². The Bertz CT molecular complexity index is 133. The molecule has 1 saturated carbocycles. The highest BCUT2D eigenvalue weighted by Gasteiger charge is 2.20. The minimum absolute atomic E-state index is 1.02. The van der Waals surface area contributed by atoms with Crippen LogP contribution < -0.4 is 5.32 Å². The lowest BCUT2D eigenvalue weighted by atomic mass is 9.98. The SMILES string of the molecule is CNCCCCCC[C@H]1CCC(C)C1. The predicted octanol–water partition coefficient (Wildman–Crippen LogP) is 3.59. The zero-order valence-electron chi connectivity index (χ0n) is 10.0. The lowest BCUT2D eigenvalue weighted by molar-refractivity contribution is 0.448. The van der Waals surface area contributed by atoms with E-state index in [4.69, 9.17) is 0 Å². The number of nitrogens with one attached hydrogen (secondary N) is 1. The molecule has 1 unspecified atom stereocenters. The maximum atomic E-state index is 3.21. The summed E-state index contributed by atoms with van der Waals surface area (Å²) in [7, 11) is 2.04. The summed E-state index contributed by atoms with van der Waals surface area (Å²) in [5, 5.41) is 3.21. The van der Waals surface area contributed by atoms with E-state index in [0.717, 1.165) is 11.8 Å². The Morgan fingerprint density at radius 2 is 1.86 bits per heavy atom. The van der Waals surface area contributed by atoms with E-state index in [2.05, 4.69) is 12.2 Å². The first-order valence-corrected chi connectivity index (χ1v) is 6.47.